The Labute approximate surface area is 76.6 Å². The molecule has 0 atom stereocenters. The van der Waals surface area contributed by atoms with Gasteiger partial charge in [0.15, 0.2) is 0 Å². The van der Waals surface area contributed by atoms with E-state index in [2.05, 4.69) is 0 Å². The van der Waals surface area contributed by atoms with Gasteiger partial charge in [-0.05, 0) is 25.3 Å². The zero-order valence-electron chi connectivity index (χ0n) is 7.56. The number of benzene rings is 1. The first-order valence-corrected chi connectivity index (χ1v) is 4.50. The summed E-state index contributed by atoms with van der Waals surface area (Å²) in [6.07, 6.45) is -0.948. The number of halogens is 2. The Kier molecular flexibility index (Phi) is 1.86. The molecule has 2 heteroatoms. The third-order valence-electron chi connectivity index (χ3n) is 2.80. The van der Waals surface area contributed by atoms with E-state index in [0.717, 1.165) is 11.1 Å². The Morgan fingerprint density at radius 2 is 2.00 bits per heavy atom. The fraction of sp³-hybridized carbons (Fsp3) is 0.455. The molecule has 0 aromatic heterocycles. The lowest BCUT2D eigenvalue weighted by atomic mass is 9.95. The van der Waals surface area contributed by atoms with Crippen LogP contribution in [0.3, 0.4) is 0 Å². The maximum atomic E-state index is 12.7. The van der Waals surface area contributed by atoms with Crippen LogP contribution in [-0.2, 0) is 5.41 Å². The molecule has 1 aromatic carbocycles. The van der Waals surface area contributed by atoms with Gasteiger partial charge in [0.2, 0.25) is 6.43 Å². The molecule has 0 unspecified atom stereocenters. The molecule has 0 amide bonds. The summed E-state index contributed by atoms with van der Waals surface area (Å²) in [6, 6.07) is 7.48. The van der Waals surface area contributed by atoms with Crippen molar-refractivity contribution in [2.75, 3.05) is 0 Å². The molecule has 0 spiro atoms. The van der Waals surface area contributed by atoms with Crippen molar-refractivity contribution in [1.29, 1.82) is 0 Å². The standard InChI is InChI=1S/C11H12F2/c1-8-3-2-4-9(7-8)11(5-6-11)10(12)13/h2-4,7,10H,5-6H2,1H3. The summed E-state index contributed by atoms with van der Waals surface area (Å²) in [4.78, 5) is 0. The van der Waals surface area contributed by atoms with Crippen LogP contribution in [0.4, 0.5) is 8.78 Å². The summed E-state index contributed by atoms with van der Waals surface area (Å²) in [5.41, 5.74) is 1.07. The van der Waals surface area contributed by atoms with Gasteiger partial charge in [0, 0.05) is 0 Å². The van der Waals surface area contributed by atoms with Crippen molar-refractivity contribution in [3.05, 3.63) is 35.4 Å². The summed E-state index contributed by atoms with van der Waals surface area (Å²) >= 11 is 0. The van der Waals surface area contributed by atoms with Gasteiger partial charge in [-0.25, -0.2) is 8.78 Å². The van der Waals surface area contributed by atoms with E-state index in [1.165, 1.54) is 0 Å². The van der Waals surface area contributed by atoms with E-state index < -0.39 is 11.8 Å². The zero-order chi connectivity index (χ0) is 9.47. The summed E-state index contributed by atoms with van der Waals surface area (Å²) in [5.74, 6) is 0. The van der Waals surface area contributed by atoms with Crippen LogP contribution in [-0.4, -0.2) is 6.43 Å². The van der Waals surface area contributed by atoms with Gasteiger partial charge in [0.05, 0.1) is 5.41 Å². The lowest BCUT2D eigenvalue weighted by Gasteiger charge is -2.14. The Balaban J connectivity index is 2.35. The van der Waals surface area contributed by atoms with E-state index in [-0.39, 0.29) is 0 Å². The van der Waals surface area contributed by atoms with E-state index in [9.17, 15) is 8.78 Å². The molecule has 1 aliphatic carbocycles. The molecule has 70 valence electrons. The van der Waals surface area contributed by atoms with Crippen LogP contribution in [0.15, 0.2) is 24.3 Å². The highest BCUT2D eigenvalue weighted by atomic mass is 19.3. The summed E-state index contributed by atoms with van der Waals surface area (Å²) in [5, 5.41) is 0. The maximum Gasteiger partial charge on any atom is 0.248 e. The fourth-order valence-electron chi connectivity index (χ4n) is 1.72. The molecule has 0 radical (unpaired) electrons. The average Bonchev–Trinajstić information content (AvgIpc) is 2.83. The quantitative estimate of drug-likeness (QED) is 0.658. The maximum absolute atomic E-state index is 12.7. The average molecular weight is 182 g/mol. The first-order chi connectivity index (χ1) is 6.15. The van der Waals surface area contributed by atoms with E-state index >= 15 is 0 Å². The lowest BCUT2D eigenvalue weighted by Crippen LogP contribution is -2.17. The van der Waals surface area contributed by atoms with E-state index in [1.54, 1.807) is 0 Å². The summed E-state index contributed by atoms with van der Waals surface area (Å²) in [7, 11) is 0. The highest BCUT2D eigenvalue weighted by Gasteiger charge is 2.52. The number of aryl methyl sites for hydroxylation is 1. The number of alkyl halides is 2. The Bertz CT molecular complexity index is 314. The number of hydrogen-bond donors (Lipinski definition) is 0. The number of hydrogen-bond acceptors (Lipinski definition) is 0. The van der Waals surface area contributed by atoms with Gasteiger partial charge in [-0.2, -0.15) is 0 Å². The molecule has 0 N–H and O–H groups in total. The minimum Gasteiger partial charge on any atom is -0.210 e. The van der Waals surface area contributed by atoms with Crippen LogP contribution in [0.1, 0.15) is 24.0 Å². The van der Waals surface area contributed by atoms with Crippen molar-refractivity contribution in [3.8, 4) is 0 Å². The minimum absolute atomic E-state index is 0.633. The molecule has 1 aromatic rings. The van der Waals surface area contributed by atoms with Crippen molar-refractivity contribution in [1.82, 2.24) is 0 Å². The lowest BCUT2D eigenvalue weighted by molar-refractivity contribution is 0.102. The molecule has 0 nitrogen and oxygen atoms in total. The van der Waals surface area contributed by atoms with Crippen molar-refractivity contribution in [2.45, 2.75) is 31.6 Å². The van der Waals surface area contributed by atoms with Gasteiger partial charge in [-0.1, -0.05) is 29.8 Å². The predicted octanol–water partition coefficient (Wildman–Crippen LogP) is 3.29. The third kappa shape index (κ3) is 1.34. The summed E-state index contributed by atoms with van der Waals surface area (Å²) < 4.78 is 25.4. The molecular weight excluding hydrogens is 170 g/mol. The van der Waals surface area contributed by atoms with Crippen LogP contribution in [0.5, 0.6) is 0 Å². The van der Waals surface area contributed by atoms with Crippen molar-refractivity contribution < 1.29 is 8.78 Å². The van der Waals surface area contributed by atoms with E-state index in [1.807, 2.05) is 31.2 Å². The first-order valence-electron chi connectivity index (χ1n) is 4.50. The van der Waals surface area contributed by atoms with Crippen molar-refractivity contribution in [3.63, 3.8) is 0 Å². The molecule has 1 fully saturated rings. The predicted molar refractivity (Wildman–Crippen MR) is 48.1 cm³/mol. The van der Waals surface area contributed by atoms with Crippen LogP contribution >= 0.6 is 0 Å². The molecule has 13 heavy (non-hydrogen) atoms. The molecule has 0 aliphatic heterocycles. The van der Waals surface area contributed by atoms with Crippen molar-refractivity contribution >= 4 is 0 Å². The van der Waals surface area contributed by atoms with Gasteiger partial charge in [0.25, 0.3) is 0 Å². The molecule has 0 bridgehead atoms. The SMILES string of the molecule is Cc1cccc(C2(C(F)F)CC2)c1. The molecule has 1 saturated carbocycles. The van der Waals surface area contributed by atoms with Crippen molar-refractivity contribution in [2.24, 2.45) is 0 Å². The zero-order valence-corrected chi connectivity index (χ0v) is 7.56. The molecule has 0 heterocycles. The van der Waals surface area contributed by atoms with Crippen LogP contribution in [0.25, 0.3) is 0 Å². The van der Waals surface area contributed by atoms with E-state index in [4.69, 9.17) is 0 Å². The summed E-state index contributed by atoms with van der Waals surface area (Å²) in [6.45, 7) is 1.94. The van der Waals surface area contributed by atoms with Gasteiger partial charge in [-0.15, -0.1) is 0 Å². The monoisotopic (exact) mass is 182 g/mol. The van der Waals surface area contributed by atoms with Crippen LogP contribution < -0.4 is 0 Å². The second-order valence-corrected chi connectivity index (χ2v) is 3.83. The van der Waals surface area contributed by atoms with Gasteiger partial charge >= 0.3 is 0 Å². The Morgan fingerprint density at radius 3 is 2.46 bits per heavy atom. The largest absolute Gasteiger partial charge is 0.248 e. The molecule has 0 saturated heterocycles. The van der Waals surface area contributed by atoms with Gasteiger partial charge in [0.1, 0.15) is 0 Å². The second-order valence-electron chi connectivity index (χ2n) is 3.83. The van der Waals surface area contributed by atoms with E-state index in [0.29, 0.717) is 12.8 Å². The Morgan fingerprint density at radius 1 is 1.31 bits per heavy atom. The third-order valence-corrected chi connectivity index (χ3v) is 2.80. The Hall–Kier alpha value is -0.920. The smallest absolute Gasteiger partial charge is 0.210 e. The van der Waals surface area contributed by atoms with Crippen LogP contribution in [0.2, 0.25) is 0 Å². The highest BCUT2D eigenvalue weighted by molar-refractivity contribution is 5.35. The molecule has 1 aliphatic rings. The number of rotatable bonds is 2. The minimum atomic E-state index is -2.21. The molecular formula is C11H12F2. The molecule has 2 rings (SSSR count). The highest BCUT2D eigenvalue weighted by Crippen LogP contribution is 2.52. The first kappa shape index (κ1) is 8.67. The fourth-order valence-corrected chi connectivity index (χ4v) is 1.72. The van der Waals surface area contributed by atoms with Gasteiger partial charge in [-0.3, -0.25) is 0 Å². The van der Waals surface area contributed by atoms with Crippen LogP contribution in [0, 0.1) is 6.92 Å². The topological polar surface area (TPSA) is 0 Å². The second kappa shape index (κ2) is 2.79. The normalized spacial score (nSPS) is 19.1. The van der Waals surface area contributed by atoms with Gasteiger partial charge < -0.3 is 0 Å².